The van der Waals surface area contributed by atoms with Gasteiger partial charge in [-0.1, -0.05) is 13.8 Å². The summed E-state index contributed by atoms with van der Waals surface area (Å²) in [7, 11) is 0. The number of fused-ring (bicyclic) bond motifs is 1. The van der Waals surface area contributed by atoms with Gasteiger partial charge in [0.2, 0.25) is 5.91 Å². The summed E-state index contributed by atoms with van der Waals surface area (Å²) < 4.78 is 40.7. The molecule has 1 aliphatic rings. The van der Waals surface area contributed by atoms with Crippen molar-refractivity contribution in [2.45, 2.75) is 64.8 Å². The smallest absolute Gasteiger partial charge is 0.354 e. The van der Waals surface area contributed by atoms with Crippen LogP contribution in [0.25, 0.3) is 0 Å². The van der Waals surface area contributed by atoms with Gasteiger partial charge in [0.1, 0.15) is 17.6 Å². The summed E-state index contributed by atoms with van der Waals surface area (Å²) in [6, 6.07) is -0.460. The largest absolute Gasteiger partial charge is 0.398 e. The molecule has 1 aromatic rings. The molecule has 2 rings (SSSR count). The standard InChI is InChI=1S/C15H24F3N5O/c1-9(2)7-20-14(24)10(3)19-8-12-21-22-13-11(15(16,17)18)5-4-6-23(12)13/h9-11,19H,4-8H2,1-3H3,(H,20,24)/t10-,11-/m0/s1. The van der Waals surface area contributed by atoms with Crippen LogP contribution in [0.5, 0.6) is 0 Å². The van der Waals surface area contributed by atoms with Crippen LogP contribution in [-0.4, -0.2) is 39.4 Å². The average molecular weight is 347 g/mol. The minimum atomic E-state index is -4.31. The monoisotopic (exact) mass is 347 g/mol. The van der Waals surface area contributed by atoms with Crippen molar-refractivity contribution in [2.24, 2.45) is 5.92 Å². The third-order valence-electron chi connectivity index (χ3n) is 4.08. The van der Waals surface area contributed by atoms with E-state index in [4.69, 9.17) is 0 Å². The van der Waals surface area contributed by atoms with E-state index in [1.54, 1.807) is 6.92 Å². The Labute approximate surface area is 139 Å². The van der Waals surface area contributed by atoms with E-state index in [0.717, 1.165) is 0 Å². The van der Waals surface area contributed by atoms with Crippen LogP contribution in [0.2, 0.25) is 0 Å². The summed E-state index contributed by atoms with van der Waals surface area (Å²) in [5, 5.41) is 13.4. The maximum Gasteiger partial charge on any atom is 0.398 e. The Morgan fingerprint density at radius 2 is 2.04 bits per heavy atom. The van der Waals surface area contributed by atoms with E-state index in [0.29, 0.717) is 31.3 Å². The van der Waals surface area contributed by atoms with Gasteiger partial charge in [-0.25, -0.2) is 0 Å². The van der Waals surface area contributed by atoms with Crippen LogP contribution in [-0.2, 0) is 17.9 Å². The second kappa shape index (κ2) is 7.50. The molecule has 0 saturated carbocycles. The number of nitrogens with one attached hydrogen (secondary N) is 2. The van der Waals surface area contributed by atoms with E-state index in [1.807, 2.05) is 13.8 Å². The first-order valence-corrected chi connectivity index (χ1v) is 8.20. The molecular weight excluding hydrogens is 323 g/mol. The molecule has 2 atom stereocenters. The minimum absolute atomic E-state index is 0.0255. The van der Waals surface area contributed by atoms with Crippen LogP contribution in [0.4, 0.5) is 13.2 Å². The van der Waals surface area contributed by atoms with Crippen molar-refractivity contribution in [2.75, 3.05) is 6.54 Å². The highest BCUT2D eigenvalue weighted by molar-refractivity contribution is 5.81. The molecule has 0 spiro atoms. The lowest BCUT2D eigenvalue weighted by Gasteiger charge is -2.25. The quantitative estimate of drug-likeness (QED) is 0.825. The Morgan fingerprint density at radius 1 is 1.33 bits per heavy atom. The molecule has 0 unspecified atom stereocenters. The number of hydrogen-bond acceptors (Lipinski definition) is 4. The Kier molecular flexibility index (Phi) is 5.84. The zero-order valence-electron chi connectivity index (χ0n) is 14.2. The van der Waals surface area contributed by atoms with Crippen molar-refractivity contribution in [3.05, 3.63) is 11.6 Å². The Morgan fingerprint density at radius 3 is 2.67 bits per heavy atom. The van der Waals surface area contributed by atoms with Gasteiger partial charge < -0.3 is 9.88 Å². The number of alkyl halides is 3. The molecule has 9 heteroatoms. The SMILES string of the molecule is CC(C)CNC(=O)[C@H](C)NCc1nnc2n1CCC[C@@H]2C(F)(F)F. The van der Waals surface area contributed by atoms with Gasteiger partial charge in [-0.2, -0.15) is 13.2 Å². The van der Waals surface area contributed by atoms with Gasteiger partial charge in [0.25, 0.3) is 0 Å². The molecular formula is C15H24F3N5O. The lowest BCUT2D eigenvalue weighted by atomic mass is 9.98. The fourth-order valence-electron chi connectivity index (χ4n) is 2.67. The lowest BCUT2D eigenvalue weighted by molar-refractivity contribution is -0.156. The molecule has 136 valence electrons. The molecule has 2 N–H and O–H groups in total. The van der Waals surface area contributed by atoms with Crippen LogP contribution >= 0.6 is 0 Å². The van der Waals surface area contributed by atoms with Gasteiger partial charge in [0.15, 0.2) is 0 Å². The van der Waals surface area contributed by atoms with Crippen molar-refractivity contribution < 1.29 is 18.0 Å². The summed E-state index contributed by atoms with van der Waals surface area (Å²) in [5.41, 5.74) is 0. The first kappa shape index (κ1) is 18.7. The van der Waals surface area contributed by atoms with Crippen LogP contribution in [0.15, 0.2) is 0 Å². The molecule has 1 aliphatic heterocycles. The first-order valence-electron chi connectivity index (χ1n) is 8.20. The zero-order valence-corrected chi connectivity index (χ0v) is 14.2. The minimum Gasteiger partial charge on any atom is -0.354 e. The van der Waals surface area contributed by atoms with Crippen LogP contribution < -0.4 is 10.6 Å². The normalized spacial score (nSPS) is 19.2. The average Bonchev–Trinajstić information content (AvgIpc) is 2.92. The molecule has 0 radical (unpaired) electrons. The number of halogens is 3. The Balaban J connectivity index is 1.97. The number of carbonyl (C=O) groups is 1. The van der Waals surface area contributed by atoms with Gasteiger partial charge in [0.05, 0.1) is 12.6 Å². The van der Waals surface area contributed by atoms with Crippen molar-refractivity contribution in [1.29, 1.82) is 0 Å². The third-order valence-corrected chi connectivity index (χ3v) is 4.08. The maximum atomic E-state index is 13.0. The molecule has 24 heavy (non-hydrogen) atoms. The summed E-state index contributed by atoms with van der Waals surface area (Å²) in [5.74, 6) is -0.941. The van der Waals surface area contributed by atoms with Crippen molar-refractivity contribution in [3.63, 3.8) is 0 Å². The van der Waals surface area contributed by atoms with Gasteiger partial charge in [0, 0.05) is 13.1 Å². The number of nitrogens with zero attached hydrogens (tertiary/aromatic N) is 3. The molecule has 2 heterocycles. The fourth-order valence-corrected chi connectivity index (χ4v) is 2.67. The fraction of sp³-hybridized carbons (Fsp3) is 0.800. The van der Waals surface area contributed by atoms with Gasteiger partial charge in [-0.05, 0) is 25.7 Å². The van der Waals surface area contributed by atoms with Crippen LogP contribution in [0.1, 0.15) is 51.2 Å². The van der Waals surface area contributed by atoms with Gasteiger partial charge >= 0.3 is 6.18 Å². The second-order valence-corrected chi connectivity index (χ2v) is 6.60. The molecule has 0 aliphatic carbocycles. The van der Waals surface area contributed by atoms with E-state index in [2.05, 4.69) is 20.8 Å². The number of amides is 1. The number of rotatable bonds is 6. The van der Waals surface area contributed by atoms with Gasteiger partial charge in [-0.15, -0.1) is 10.2 Å². The number of hydrogen-bond donors (Lipinski definition) is 2. The van der Waals surface area contributed by atoms with E-state index in [9.17, 15) is 18.0 Å². The molecule has 6 nitrogen and oxygen atoms in total. The third kappa shape index (κ3) is 4.46. The Hall–Kier alpha value is -1.64. The first-order chi connectivity index (χ1) is 11.2. The van der Waals surface area contributed by atoms with E-state index in [-0.39, 0.29) is 24.7 Å². The summed E-state index contributed by atoms with van der Waals surface area (Å²) >= 11 is 0. The molecule has 0 fully saturated rings. The van der Waals surface area contributed by atoms with E-state index < -0.39 is 18.1 Å². The Bertz CT molecular complexity index is 570. The van der Waals surface area contributed by atoms with Crippen molar-refractivity contribution in [1.82, 2.24) is 25.4 Å². The molecule has 0 bridgehead atoms. The summed E-state index contributed by atoms with van der Waals surface area (Å²) in [4.78, 5) is 11.9. The summed E-state index contributed by atoms with van der Waals surface area (Å²) in [6.45, 7) is 6.96. The van der Waals surface area contributed by atoms with Crippen LogP contribution in [0.3, 0.4) is 0 Å². The van der Waals surface area contributed by atoms with E-state index in [1.165, 1.54) is 4.57 Å². The van der Waals surface area contributed by atoms with Crippen molar-refractivity contribution in [3.8, 4) is 0 Å². The summed E-state index contributed by atoms with van der Waals surface area (Å²) in [6.07, 6.45) is -3.82. The molecule has 1 amide bonds. The molecule has 0 aromatic carbocycles. The highest BCUT2D eigenvalue weighted by Crippen LogP contribution is 2.40. The number of carbonyl (C=O) groups excluding carboxylic acids is 1. The number of aromatic nitrogens is 3. The topological polar surface area (TPSA) is 71.8 Å². The lowest BCUT2D eigenvalue weighted by Crippen LogP contribution is -2.43. The van der Waals surface area contributed by atoms with Crippen molar-refractivity contribution >= 4 is 5.91 Å². The highest BCUT2D eigenvalue weighted by atomic mass is 19.4. The van der Waals surface area contributed by atoms with Gasteiger partial charge in [-0.3, -0.25) is 10.1 Å². The van der Waals surface area contributed by atoms with E-state index >= 15 is 0 Å². The second-order valence-electron chi connectivity index (χ2n) is 6.60. The molecule has 0 saturated heterocycles. The highest BCUT2D eigenvalue weighted by Gasteiger charge is 2.45. The predicted molar refractivity (Wildman–Crippen MR) is 82.2 cm³/mol. The maximum absolute atomic E-state index is 13.0. The molecule has 1 aromatic heterocycles. The van der Waals surface area contributed by atoms with Crippen LogP contribution in [0, 0.1) is 5.92 Å². The zero-order chi connectivity index (χ0) is 17.9. The predicted octanol–water partition coefficient (Wildman–Crippen LogP) is 1.97.